The predicted molar refractivity (Wildman–Crippen MR) is 81.5 cm³/mol. The highest BCUT2D eigenvalue weighted by Gasteiger charge is 2.30. The molecule has 0 bridgehead atoms. The number of carbonyl (C=O) groups excluding carboxylic acids is 2. The summed E-state index contributed by atoms with van der Waals surface area (Å²) < 4.78 is 20.6. The van der Waals surface area contributed by atoms with Crippen molar-refractivity contribution in [2.75, 3.05) is 6.61 Å². The van der Waals surface area contributed by atoms with Crippen LogP contribution in [0.1, 0.15) is 33.8 Å². The molecule has 1 saturated heterocycles. The van der Waals surface area contributed by atoms with Gasteiger partial charge < -0.3 is 18.7 Å². The van der Waals surface area contributed by atoms with Gasteiger partial charge in [-0.25, -0.2) is 9.59 Å². The molecule has 0 radical (unpaired) electrons. The van der Waals surface area contributed by atoms with Crippen LogP contribution in [0.25, 0.3) is 0 Å². The Labute approximate surface area is 138 Å². The van der Waals surface area contributed by atoms with Gasteiger partial charge in [0.15, 0.2) is 0 Å². The maximum absolute atomic E-state index is 12.0. The minimum atomic E-state index is -0.812. The molecule has 7 heteroatoms. The molecule has 1 fully saturated rings. The molecule has 0 saturated carbocycles. The minimum Gasteiger partial charge on any atom is -0.489 e. The second kappa shape index (κ2) is 6.74. The molecule has 0 N–H and O–H groups in total. The van der Waals surface area contributed by atoms with Crippen molar-refractivity contribution in [3.8, 4) is 5.75 Å². The molecule has 0 spiro atoms. The third-order valence-corrected chi connectivity index (χ3v) is 3.79. The van der Waals surface area contributed by atoms with E-state index in [1.807, 2.05) is 13.8 Å². The maximum Gasteiger partial charge on any atom is 0.347 e. The molecule has 0 amide bonds. The summed E-state index contributed by atoms with van der Waals surface area (Å²) in [5.74, 6) is 0.266. The van der Waals surface area contributed by atoms with Crippen LogP contribution in [-0.2, 0) is 20.9 Å². The summed E-state index contributed by atoms with van der Waals surface area (Å²) >= 11 is 0. The number of nitrogens with zero attached hydrogens (tertiary/aromatic N) is 1. The Kier molecular flexibility index (Phi) is 4.50. The van der Waals surface area contributed by atoms with Crippen LogP contribution in [0.5, 0.6) is 5.75 Å². The number of esters is 2. The first kappa shape index (κ1) is 16.0. The first-order valence-corrected chi connectivity index (χ1v) is 7.57. The van der Waals surface area contributed by atoms with Gasteiger partial charge in [0.2, 0.25) is 6.10 Å². The summed E-state index contributed by atoms with van der Waals surface area (Å²) in [4.78, 5) is 23.3. The van der Waals surface area contributed by atoms with Crippen LogP contribution in [-0.4, -0.2) is 29.8 Å². The Morgan fingerprint density at radius 3 is 2.62 bits per heavy atom. The van der Waals surface area contributed by atoms with Crippen molar-refractivity contribution in [2.24, 2.45) is 0 Å². The second-order valence-electron chi connectivity index (χ2n) is 5.47. The van der Waals surface area contributed by atoms with E-state index in [4.69, 9.17) is 18.7 Å². The van der Waals surface area contributed by atoms with E-state index in [0.717, 1.165) is 17.0 Å². The first-order chi connectivity index (χ1) is 11.5. The Balaban J connectivity index is 1.58. The zero-order chi connectivity index (χ0) is 17.1. The lowest BCUT2D eigenvalue weighted by atomic mass is 10.2. The largest absolute Gasteiger partial charge is 0.489 e. The smallest absolute Gasteiger partial charge is 0.347 e. The Bertz CT molecular complexity index is 729. The van der Waals surface area contributed by atoms with Crippen molar-refractivity contribution < 1.29 is 28.3 Å². The van der Waals surface area contributed by atoms with Gasteiger partial charge in [-0.1, -0.05) is 5.16 Å². The number of benzene rings is 1. The highest BCUT2D eigenvalue weighted by atomic mass is 16.6. The van der Waals surface area contributed by atoms with Gasteiger partial charge in [0.1, 0.15) is 18.1 Å². The lowest BCUT2D eigenvalue weighted by molar-refractivity contribution is -0.145. The highest BCUT2D eigenvalue weighted by Crippen LogP contribution is 2.19. The summed E-state index contributed by atoms with van der Waals surface area (Å²) in [6.07, 6.45) is -0.420. The van der Waals surface area contributed by atoms with E-state index in [9.17, 15) is 9.59 Å². The summed E-state index contributed by atoms with van der Waals surface area (Å²) in [6.45, 7) is 4.29. The van der Waals surface area contributed by atoms with Crippen molar-refractivity contribution >= 4 is 11.9 Å². The molecular formula is C17H17NO6. The molecule has 24 heavy (non-hydrogen) atoms. The fourth-order valence-corrected chi connectivity index (χ4v) is 2.33. The molecule has 2 aromatic rings. The molecule has 1 atom stereocenters. The van der Waals surface area contributed by atoms with Crippen LogP contribution in [0.4, 0.5) is 0 Å². The zero-order valence-corrected chi connectivity index (χ0v) is 13.4. The standard InChI is InChI=1S/C17H17NO6/c1-10-14(11(2)24-18-10)9-22-13-5-3-12(4-6-13)16(19)23-15-7-8-21-17(15)20/h3-6,15H,7-9H2,1-2H3/t15-/m1/s1. The van der Waals surface area contributed by atoms with E-state index in [2.05, 4.69) is 5.16 Å². The van der Waals surface area contributed by atoms with Crippen molar-refractivity contribution in [1.29, 1.82) is 0 Å². The van der Waals surface area contributed by atoms with Crippen molar-refractivity contribution in [3.05, 3.63) is 46.8 Å². The fraction of sp³-hybridized carbons (Fsp3) is 0.353. The summed E-state index contributed by atoms with van der Waals surface area (Å²) in [6, 6.07) is 6.51. The van der Waals surface area contributed by atoms with E-state index in [1.165, 1.54) is 0 Å². The van der Waals surface area contributed by atoms with Gasteiger partial charge in [-0.3, -0.25) is 0 Å². The Morgan fingerprint density at radius 1 is 1.29 bits per heavy atom. The van der Waals surface area contributed by atoms with Gasteiger partial charge in [-0.05, 0) is 38.1 Å². The van der Waals surface area contributed by atoms with Gasteiger partial charge >= 0.3 is 11.9 Å². The van der Waals surface area contributed by atoms with Crippen LogP contribution < -0.4 is 4.74 Å². The number of ether oxygens (including phenoxy) is 3. The molecule has 1 aliphatic heterocycles. The molecule has 1 aromatic heterocycles. The van der Waals surface area contributed by atoms with Crippen LogP contribution in [0, 0.1) is 13.8 Å². The third kappa shape index (κ3) is 3.40. The van der Waals surface area contributed by atoms with Crippen molar-refractivity contribution in [3.63, 3.8) is 0 Å². The van der Waals surface area contributed by atoms with E-state index in [-0.39, 0.29) is 6.61 Å². The first-order valence-electron chi connectivity index (χ1n) is 7.57. The van der Waals surface area contributed by atoms with Crippen LogP contribution in [0.3, 0.4) is 0 Å². The van der Waals surface area contributed by atoms with Crippen LogP contribution in [0.2, 0.25) is 0 Å². The molecule has 3 rings (SSSR count). The molecule has 126 valence electrons. The number of aryl methyl sites for hydroxylation is 2. The van der Waals surface area contributed by atoms with Crippen molar-refractivity contribution in [2.45, 2.75) is 33.0 Å². The number of rotatable bonds is 5. The molecular weight excluding hydrogens is 314 g/mol. The molecule has 1 aromatic carbocycles. The number of aromatic nitrogens is 1. The topological polar surface area (TPSA) is 87.9 Å². The number of cyclic esters (lactones) is 1. The number of hydrogen-bond donors (Lipinski definition) is 0. The average molecular weight is 331 g/mol. The summed E-state index contributed by atoms with van der Waals surface area (Å²) in [7, 11) is 0. The number of carbonyl (C=O) groups is 2. The quantitative estimate of drug-likeness (QED) is 0.777. The molecule has 0 aliphatic carbocycles. The fourth-order valence-electron chi connectivity index (χ4n) is 2.33. The minimum absolute atomic E-state index is 0.283. The van der Waals surface area contributed by atoms with Crippen LogP contribution in [0.15, 0.2) is 28.8 Å². The normalized spacial score (nSPS) is 16.8. The Morgan fingerprint density at radius 2 is 2.04 bits per heavy atom. The lowest BCUT2D eigenvalue weighted by Crippen LogP contribution is -2.22. The van der Waals surface area contributed by atoms with Gasteiger partial charge in [0.05, 0.1) is 23.4 Å². The third-order valence-electron chi connectivity index (χ3n) is 3.79. The van der Waals surface area contributed by atoms with Crippen molar-refractivity contribution in [1.82, 2.24) is 5.16 Å². The zero-order valence-electron chi connectivity index (χ0n) is 13.4. The molecule has 0 unspecified atom stereocenters. The van der Waals surface area contributed by atoms with Gasteiger partial charge in [-0.2, -0.15) is 0 Å². The van der Waals surface area contributed by atoms with E-state index in [0.29, 0.717) is 24.3 Å². The average Bonchev–Trinajstić information content (AvgIpc) is 3.12. The number of hydrogen-bond acceptors (Lipinski definition) is 7. The van der Waals surface area contributed by atoms with Gasteiger partial charge in [0, 0.05) is 6.42 Å². The maximum atomic E-state index is 12.0. The van der Waals surface area contributed by atoms with E-state index >= 15 is 0 Å². The Hall–Kier alpha value is -2.83. The molecule has 1 aliphatic rings. The monoisotopic (exact) mass is 331 g/mol. The molecule has 7 nitrogen and oxygen atoms in total. The summed E-state index contributed by atoms with van der Waals surface area (Å²) in [5.41, 5.74) is 2.04. The van der Waals surface area contributed by atoms with E-state index in [1.54, 1.807) is 24.3 Å². The van der Waals surface area contributed by atoms with Gasteiger partial charge in [-0.15, -0.1) is 0 Å². The van der Waals surface area contributed by atoms with Gasteiger partial charge in [0.25, 0.3) is 0 Å². The lowest BCUT2D eigenvalue weighted by Gasteiger charge is -2.09. The van der Waals surface area contributed by atoms with E-state index < -0.39 is 18.0 Å². The second-order valence-corrected chi connectivity index (χ2v) is 5.47. The van der Waals surface area contributed by atoms with Crippen LogP contribution >= 0.6 is 0 Å². The highest BCUT2D eigenvalue weighted by molar-refractivity contribution is 5.91. The molecule has 2 heterocycles. The predicted octanol–water partition coefficient (Wildman–Crippen LogP) is 2.34. The SMILES string of the molecule is Cc1noc(C)c1COc1ccc(C(=O)O[C@@H]2CCOC2=O)cc1. The summed E-state index contributed by atoms with van der Waals surface area (Å²) in [5, 5.41) is 3.87.